The zero-order chi connectivity index (χ0) is 21.1. The minimum absolute atomic E-state index is 0.0539. The lowest BCUT2D eigenvalue weighted by Crippen LogP contribution is -2.50. The summed E-state index contributed by atoms with van der Waals surface area (Å²) in [6, 6.07) is 16.6. The van der Waals surface area contributed by atoms with Gasteiger partial charge >= 0.3 is 0 Å². The van der Waals surface area contributed by atoms with Crippen molar-refractivity contribution in [1.82, 2.24) is 0 Å². The number of rotatable bonds is 4. The van der Waals surface area contributed by atoms with E-state index in [-0.39, 0.29) is 15.7 Å². The van der Waals surface area contributed by atoms with Gasteiger partial charge in [-0.1, -0.05) is 67.1 Å². The van der Waals surface area contributed by atoms with Crippen LogP contribution in [0.5, 0.6) is 0 Å². The van der Waals surface area contributed by atoms with Crippen molar-refractivity contribution < 1.29 is 16.8 Å². The highest BCUT2D eigenvalue weighted by Crippen LogP contribution is 2.65. The molecule has 30 heavy (non-hydrogen) atoms. The van der Waals surface area contributed by atoms with E-state index in [2.05, 4.69) is 13.0 Å². The maximum atomic E-state index is 14.0. The quantitative estimate of drug-likeness (QED) is 0.668. The van der Waals surface area contributed by atoms with Crippen LogP contribution < -0.4 is 0 Å². The molecule has 0 spiro atoms. The summed E-state index contributed by atoms with van der Waals surface area (Å²) in [5, 5.41) is -2.06. The van der Waals surface area contributed by atoms with Gasteiger partial charge in [-0.3, -0.25) is 0 Å². The van der Waals surface area contributed by atoms with E-state index in [0.29, 0.717) is 0 Å². The molecule has 3 aliphatic rings. The van der Waals surface area contributed by atoms with E-state index in [1.807, 2.05) is 12.2 Å². The first-order valence-corrected chi connectivity index (χ1v) is 13.4. The Hall–Kier alpha value is -2.18. The van der Waals surface area contributed by atoms with Crippen LogP contribution in [0, 0.1) is 17.3 Å². The highest BCUT2D eigenvalue weighted by atomic mass is 32.2. The van der Waals surface area contributed by atoms with Crippen molar-refractivity contribution in [3.63, 3.8) is 0 Å². The molecule has 2 bridgehead atoms. The average Bonchev–Trinajstić information content (AvgIpc) is 3.29. The van der Waals surface area contributed by atoms with Crippen molar-refractivity contribution in [2.45, 2.75) is 40.1 Å². The zero-order valence-corrected chi connectivity index (χ0v) is 18.3. The van der Waals surface area contributed by atoms with Crippen LogP contribution in [0.25, 0.3) is 0 Å². The predicted molar refractivity (Wildman–Crippen MR) is 116 cm³/mol. The minimum Gasteiger partial charge on any atom is -0.223 e. The van der Waals surface area contributed by atoms with Gasteiger partial charge in [0.2, 0.25) is 0 Å². The van der Waals surface area contributed by atoms with Crippen LogP contribution in [0.15, 0.2) is 94.3 Å². The Kier molecular flexibility index (Phi) is 4.39. The van der Waals surface area contributed by atoms with E-state index < -0.39 is 41.5 Å². The first-order valence-electron chi connectivity index (χ1n) is 10.3. The summed E-state index contributed by atoms with van der Waals surface area (Å²) < 4.78 is 55.6. The highest BCUT2D eigenvalue weighted by Gasteiger charge is 2.68. The minimum atomic E-state index is -3.89. The molecule has 0 unspecified atom stereocenters. The fourth-order valence-corrected chi connectivity index (χ4v) is 11.1. The third kappa shape index (κ3) is 2.50. The summed E-state index contributed by atoms with van der Waals surface area (Å²) in [6.45, 7) is 2.06. The van der Waals surface area contributed by atoms with Crippen LogP contribution in [0.4, 0.5) is 0 Å². The van der Waals surface area contributed by atoms with Gasteiger partial charge in [-0.05, 0) is 43.0 Å². The fourth-order valence-electron chi connectivity index (χ4n) is 5.84. The Balaban J connectivity index is 1.78. The van der Waals surface area contributed by atoms with E-state index >= 15 is 0 Å². The molecule has 0 amide bonds. The van der Waals surface area contributed by atoms with Crippen LogP contribution in [0.1, 0.15) is 19.8 Å². The highest BCUT2D eigenvalue weighted by molar-refractivity contribution is 7.96. The first-order chi connectivity index (χ1) is 14.3. The maximum absolute atomic E-state index is 14.0. The number of benzene rings is 2. The standard InChI is InChI=1S/C24H24O4S2/c1-17-9-8-14-21-20-15-16-24(17,21)23(30(27,28)19-12-6-3-7-13-19)22(20)29(25,26)18-10-4-2-5-11-18/h2-7,10-17,20,22-23H,8-9H2,1H3/t17-,20-,22-,23-,24-/m1/s1. The molecule has 0 saturated heterocycles. The number of hydrogen-bond donors (Lipinski definition) is 0. The van der Waals surface area contributed by atoms with Crippen molar-refractivity contribution in [3.8, 4) is 0 Å². The molecular formula is C24H24O4S2. The van der Waals surface area contributed by atoms with Gasteiger partial charge in [-0.2, -0.15) is 0 Å². The van der Waals surface area contributed by atoms with Crippen LogP contribution in [-0.4, -0.2) is 27.3 Å². The van der Waals surface area contributed by atoms with Crippen LogP contribution in [0.2, 0.25) is 0 Å². The first kappa shape index (κ1) is 19.8. The van der Waals surface area contributed by atoms with E-state index in [9.17, 15) is 16.8 Å². The molecular weight excluding hydrogens is 416 g/mol. The van der Waals surface area contributed by atoms with Crippen LogP contribution in [-0.2, 0) is 19.7 Å². The summed E-state index contributed by atoms with van der Waals surface area (Å²) >= 11 is 0. The normalized spacial score (nSPS) is 32.6. The lowest BCUT2D eigenvalue weighted by atomic mass is 9.68. The van der Waals surface area contributed by atoms with Crippen molar-refractivity contribution >= 4 is 19.7 Å². The monoisotopic (exact) mass is 440 g/mol. The van der Waals surface area contributed by atoms with E-state index in [4.69, 9.17) is 0 Å². The topological polar surface area (TPSA) is 68.3 Å². The Bertz CT molecular complexity index is 1240. The molecule has 5 atom stereocenters. The molecule has 0 N–H and O–H groups in total. The molecule has 6 heteroatoms. The molecule has 3 aliphatic carbocycles. The van der Waals surface area contributed by atoms with Gasteiger partial charge in [-0.15, -0.1) is 0 Å². The van der Waals surface area contributed by atoms with Crippen LogP contribution in [0.3, 0.4) is 0 Å². The van der Waals surface area contributed by atoms with Crippen molar-refractivity contribution in [1.29, 1.82) is 0 Å². The van der Waals surface area contributed by atoms with Gasteiger partial charge in [0.1, 0.15) is 0 Å². The average molecular weight is 441 g/mol. The SMILES string of the molecule is C[C@@H]1CCC=C2[C@H]3C=C[C@]21[C@H](S(=O)(=O)c1ccccc1)[C@@H]3S(=O)(=O)c1ccccc1. The van der Waals surface area contributed by atoms with E-state index in [1.165, 1.54) is 0 Å². The second kappa shape index (κ2) is 6.66. The summed E-state index contributed by atoms with van der Waals surface area (Å²) in [4.78, 5) is 0.376. The third-order valence-corrected chi connectivity index (χ3v) is 11.8. The Labute approximate surface area is 178 Å². The Morgan fingerprint density at radius 2 is 1.40 bits per heavy atom. The summed E-state index contributed by atoms with van der Waals surface area (Å²) in [6.07, 6.45) is 7.73. The molecule has 0 heterocycles. The lowest BCUT2D eigenvalue weighted by molar-refractivity contribution is 0.281. The lowest BCUT2D eigenvalue weighted by Gasteiger charge is -2.42. The van der Waals surface area contributed by atoms with Crippen LogP contribution >= 0.6 is 0 Å². The van der Waals surface area contributed by atoms with Crippen molar-refractivity contribution in [2.75, 3.05) is 0 Å². The molecule has 1 saturated carbocycles. The molecule has 2 aromatic carbocycles. The van der Waals surface area contributed by atoms with E-state index in [1.54, 1.807) is 60.7 Å². The maximum Gasteiger partial charge on any atom is 0.183 e. The third-order valence-electron chi connectivity index (χ3n) is 7.18. The fraction of sp³-hybridized carbons (Fsp3) is 0.333. The van der Waals surface area contributed by atoms with Gasteiger partial charge in [0.15, 0.2) is 19.7 Å². The molecule has 1 fully saturated rings. The molecule has 0 aromatic heterocycles. The number of hydrogen-bond acceptors (Lipinski definition) is 4. The van der Waals surface area contributed by atoms with Crippen molar-refractivity contribution in [2.24, 2.45) is 17.3 Å². The Morgan fingerprint density at radius 1 is 0.833 bits per heavy atom. The van der Waals surface area contributed by atoms with Crippen molar-refractivity contribution in [3.05, 3.63) is 84.5 Å². The predicted octanol–water partition coefficient (Wildman–Crippen LogP) is 4.21. The van der Waals surface area contributed by atoms with E-state index in [0.717, 1.165) is 18.4 Å². The van der Waals surface area contributed by atoms with Gasteiger partial charge in [0.25, 0.3) is 0 Å². The van der Waals surface area contributed by atoms with Gasteiger partial charge < -0.3 is 0 Å². The van der Waals surface area contributed by atoms with Gasteiger partial charge in [0, 0.05) is 11.3 Å². The molecule has 0 radical (unpaired) electrons. The molecule has 5 rings (SSSR count). The smallest absolute Gasteiger partial charge is 0.183 e. The number of sulfone groups is 2. The zero-order valence-electron chi connectivity index (χ0n) is 16.7. The molecule has 2 aromatic rings. The number of allylic oxidation sites excluding steroid dienone is 4. The summed E-state index contributed by atoms with van der Waals surface area (Å²) in [5.41, 5.74) is 0.222. The Morgan fingerprint density at radius 3 is 2.00 bits per heavy atom. The molecule has 156 valence electrons. The molecule has 0 aliphatic heterocycles. The second-order valence-electron chi connectivity index (χ2n) is 8.56. The van der Waals surface area contributed by atoms with Gasteiger partial charge in [0.05, 0.1) is 20.3 Å². The summed E-state index contributed by atoms with van der Waals surface area (Å²) in [5.74, 6) is -0.348. The van der Waals surface area contributed by atoms with Gasteiger partial charge in [-0.25, -0.2) is 16.8 Å². The largest absolute Gasteiger partial charge is 0.223 e. The molecule has 4 nitrogen and oxygen atoms in total. The second-order valence-corrected chi connectivity index (χ2v) is 12.7. The summed E-state index contributed by atoms with van der Waals surface area (Å²) in [7, 11) is -7.76.